The minimum absolute atomic E-state index is 0.188. The predicted octanol–water partition coefficient (Wildman–Crippen LogP) is 2.94. The molecule has 4 amide bonds. The summed E-state index contributed by atoms with van der Waals surface area (Å²) in [4.78, 5) is 38.4. The summed E-state index contributed by atoms with van der Waals surface area (Å²) < 4.78 is 15.9. The number of methoxy groups -OCH3 is 2. The summed E-state index contributed by atoms with van der Waals surface area (Å²) in [7, 11) is 2.99. The summed E-state index contributed by atoms with van der Waals surface area (Å²) >= 11 is 0. The van der Waals surface area contributed by atoms with Crippen molar-refractivity contribution < 1.29 is 28.6 Å². The number of nitrogens with one attached hydrogen (secondary N) is 1. The van der Waals surface area contributed by atoms with E-state index in [-0.39, 0.29) is 5.57 Å². The van der Waals surface area contributed by atoms with Crippen LogP contribution >= 0.6 is 0 Å². The van der Waals surface area contributed by atoms with Crippen molar-refractivity contribution in [2.45, 2.75) is 0 Å². The van der Waals surface area contributed by atoms with E-state index in [1.165, 1.54) is 20.3 Å². The van der Waals surface area contributed by atoms with Crippen molar-refractivity contribution in [2.75, 3.05) is 25.7 Å². The summed E-state index contributed by atoms with van der Waals surface area (Å²) in [6.07, 6.45) is 2.99. The molecule has 0 aromatic heterocycles. The summed E-state index contributed by atoms with van der Waals surface area (Å²) in [6, 6.07) is 10.5. The summed E-state index contributed by atoms with van der Waals surface area (Å²) in [5.41, 5.74) is 0.648. The second-order valence-electron chi connectivity index (χ2n) is 6.17. The Balaban J connectivity index is 1.94. The van der Waals surface area contributed by atoms with E-state index in [9.17, 15) is 14.4 Å². The van der Waals surface area contributed by atoms with E-state index in [4.69, 9.17) is 14.2 Å². The van der Waals surface area contributed by atoms with Crippen molar-refractivity contribution in [3.8, 4) is 17.2 Å². The highest BCUT2D eigenvalue weighted by molar-refractivity contribution is 6.39. The van der Waals surface area contributed by atoms with Crippen molar-refractivity contribution in [1.82, 2.24) is 5.32 Å². The molecule has 0 spiro atoms. The zero-order chi connectivity index (χ0) is 21.7. The zero-order valence-corrected chi connectivity index (χ0v) is 16.5. The van der Waals surface area contributed by atoms with Gasteiger partial charge >= 0.3 is 6.03 Å². The third-order valence-corrected chi connectivity index (χ3v) is 4.29. The van der Waals surface area contributed by atoms with Crippen LogP contribution < -0.4 is 24.4 Å². The van der Waals surface area contributed by atoms with E-state index in [1.54, 1.807) is 48.5 Å². The average molecular weight is 408 g/mol. The number of anilines is 1. The quantitative estimate of drug-likeness (QED) is 0.430. The molecule has 8 heteroatoms. The molecule has 0 bridgehead atoms. The fourth-order valence-corrected chi connectivity index (χ4v) is 2.83. The van der Waals surface area contributed by atoms with E-state index in [1.807, 2.05) is 0 Å². The number of carbonyl (C=O) groups excluding carboxylic acids is 3. The molecular formula is C22H20N2O6. The van der Waals surface area contributed by atoms with Gasteiger partial charge in [-0.05, 0) is 48.0 Å². The normalized spacial score (nSPS) is 15.1. The van der Waals surface area contributed by atoms with Gasteiger partial charge in [-0.15, -0.1) is 0 Å². The molecule has 0 atom stereocenters. The molecule has 1 saturated heterocycles. The maximum Gasteiger partial charge on any atom is 0.335 e. The van der Waals surface area contributed by atoms with Gasteiger partial charge in [0, 0.05) is 0 Å². The highest BCUT2D eigenvalue weighted by Gasteiger charge is 2.36. The topological polar surface area (TPSA) is 94.2 Å². The largest absolute Gasteiger partial charge is 0.497 e. The van der Waals surface area contributed by atoms with Crippen molar-refractivity contribution >= 4 is 29.6 Å². The van der Waals surface area contributed by atoms with Crippen LogP contribution in [0, 0.1) is 0 Å². The number of barbiturate groups is 1. The Morgan fingerprint density at radius 2 is 1.73 bits per heavy atom. The number of urea groups is 1. The van der Waals surface area contributed by atoms with E-state index < -0.39 is 17.8 Å². The highest BCUT2D eigenvalue weighted by atomic mass is 16.5. The maximum atomic E-state index is 12.9. The van der Waals surface area contributed by atoms with Crippen LogP contribution in [0.15, 0.2) is 60.7 Å². The number of amides is 4. The molecular weight excluding hydrogens is 388 g/mol. The summed E-state index contributed by atoms with van der Waals surface area (Å²) in [6.45, 7) is 3.90. The number of benzene rings is 2. The van der Waals surface area contributed by atoms with Crippen LogP contribution in [0.2, 0.25) is 0 Å². The third-order valence-electron chi connectivity index (χ3n) is 4.29. The highest BCUT2D eigenvalue weighted by Crippen LogP contribution is 2.30. The van der Waals surface area contributed by atoms with Crippen LogP contribution in [0.25, 0.3) is 6.08 Å². The van der Waals surface area contributed by atoms with Crippen LogP contribution in [0.3, 0.4) is 0 Å². The molecule has 0 saturated carbocycles. The molecule has 0 aliphatic carbocycles. The number of carbonyl (C=O) groups is 3. The van der Waals surface area contributed by atoms with Crippen LogP contribution in [0.1, 0.15) is 5.56 Å². The first-order chi connectivity index (χ1) is 14.5. The number of hydrogen-bond acceptors (Lipinski definition) is 6. The Hall–Kier alpha value is -4.07. The molecule has 2 aromatic carbocycles. The van der Waals surface area contributed by atoms with E-state index in [0.717, 1.165) is 4.90 Å². The molecule has 1 N–H and O–H groups in total. The number of rotatable bonds is 7. The van der Waals surface area contributed by atoms with Gasteiger partial charge in [0.15, 0.2) is 11.5 Å². The van der Waals surface area contributed by atoms with Crippen molar-refractivity contribution in [3.63, 3.8) is 0 Å². The fourth-order valence-electron chi connectivity index (χ4n) is 2.83. The van der Waals surface area contributed by atoms with Crippen LogP contribution in [-0.4, -0.2) is 38.7 Å². The van der Waals surface area contributed by atoms with Gasteiger partial charge in [-0.2, -0.15) is 0 Å². The minimum atomic E-state index is -0.821. The second kappa shape index (κ2) is 8.95. The van der Waals surface area contributed by atoms with Crippen LogP contribution in [0.5, 0.6) is 17.2 Å². The van der Waals surface area contributed by atoms with Crippen LogP contribution in [0.4, 0.5) is 10.5 Å². The SMILES string of the molecule is C=CCOc1ccc(/C=C2\C(=O)NC(=O)N(c3ccc(OC)cc3)C2=O)cc1OC. The summed E-state index contributed by atoms with van der Waals surface area (Å²) in [5.74, 6) is -0.0196. The van der Waals surface area contributed by atoms with E-state index >= 15 is 0 Å². The zero-order valence-electron chi connectivity index (χ0n) is 16.5. The Morgan fingerprint density at radius 3 is 2.37 bits per heavy atom. The molecule has 0 radical (unpaired) electrons. The molecule has 1 aliphatic rings. The molecule has 0 unspecified atom stereocenters. The average Bonchev–Trinajstić information content (AvgIpc) is 2.75. The minimum Gasteiger partial charge on any atom is -0.497 e. The first kappa shape index (κ1) is 20.7. The van der Waals surface area contributed by atoms with Gasteiger partial charge in [-0.25, -0.2) is 9.69 Å². The molecule has 1 heterocycles. The lowest BCUT2D eigenvalue weighted by atomic mass is 10.1. The number of ether oxygens (including phenoxy) is 3. The lowest BCUT2D eigenvalue weighted by molar-refractivity contribution is -0.122. The molecule has 2 aromatic rings. The van der Waals surface area contributed by atoms with Gasteiger partial charge in [-0.1, -0.05) is 18.7 Å². The van der Waals surface area contributed by atoms with Crippen molar-refractivity contribution in [1.29, 1.82) is 0 Å². The Kier molecular flexibility index (Phi) is 6.17. The number of nitrogens with zero attached hydrogens (tertiary/aromatic N) is 1. The second-order valence-corrected chi connectivity index (χ2v) is 6.17. The molecule has 3 rings (SSSR count). The van der Waals surface area contributed by atoms with Gasteiger partial charge in [-0.3, -0.25) is 14.9 Å². The first-order valence-corrected chi connectivity index (χ1v) is 8.95. The first-order valence-electron chi connectivity index (χ1n) is 8.95. The molecule has 154 valence electrons. The van der Waals surface area contributed by atoms with Gasteiger partial charge in [0.1, 0.15) is 17.9 Å². The number of hydrogen-bond donors (Lipinski definition) is 1. The van der Waals surface area contributed by atoms with Gasteiger partial charge in [0.25, 0.3) is 11.8 Å². The Labute approximate surface area is 173 Å². The lowest BCUT2D eigenvalue weighted by Gasteiger charge is -2.26. The smallest absolute Gasteiger partial charge is 0.335 e. The monoisotopic (exact) mass is 408 g/mol. The third kappa shape index (κ3) is 4.17. The van der Waals surface area contributed by atoms with Crippen molar-refractivity contribution in [2.24, 2.45) is 0 Å². The standard InChI is InChI=1S/C22H20N2O6/c1-4-11-30-18-10-5-14(13-19(18)29-3)12-17-20(25)23-22(27)24(21(17)26)15-6-8-16(28-2)9-7-15/h4-10,12-13H,1,11H2,2-3H3,(H,23,25,27)/b17-12+. The van der Waals surface area contributed by atoms with Crippen molar-refractivity contribution in [3.05, 3.63) is 66.3 Å². The molecule has 8 nitrogen and oxygen atoms in total. The van der Waals surface area contributed by atoms with E-state index in [0.29, 0.717) is 35.1 Å². The lowest BCUT2D eigenvalue weighted by Crippen LogP contribution is -2.54. The molecule has 1 aliphatic heterocycles. The van der Waals surface area contributed by atoms with E-state index in [2.05, 4.69) is 11.9 Å². The fraction of sp³-hybridized carbons (Fsp3) is 0.136. The number of imide groups is 2. The Bertz CT molecular complexity index is 1030. The van der Waals surface area contributed by atoms with Crippen LogP contribution in [-0.2, 0) is 9.59 Å². The summed E-state index contributed by atoms with van der Waals surface area (Å²) in [5, 5.41) is 2.19. The Morgan fingerprint density at radius 1 is 1.00 bits per heavy atom. The maximum absolute atomic E-state index is 12.9. The molecule has 30 heavy (non-hydrogen) atoms. The molecule has 1 fully saturated rings. The van der Waals surface area contributed by atoms with Gasteiger partial charge in [0.2, 0.25) is 0 Å². The predicted molar refractivity (Wildman–Crippen MR) is 111 cm³/mol. The van der Waals surface area contributed by atoms with Gasteiger partial charge in [0.05, 0.1) is 19.9 Å². The van der Waals surface area contributed by atoms with Gasteiger partial charge < -0.3 is 14.2 Å².